The van der Waals surface area contributed by atoms with Gasteiger partial charge in [-0.3, -0.25) is 9.59 Å². The van der Waals surface area contributed by atoms with Gasteiger partial charge in [0.2, 0.25) is 0 Å². The van der Waals surface area contributed by atoms with Gasteiger partial charge in [-0.1, -0.05) is 19.8 Å². The Hall–Kier alpha value is -2.24. The molecule has 0 aliphatic carbocycles. The number of nitrogens with one attached hydrogen (secondary N) is 1. The quantitative estimate of drug-likeness (QED) is 0.392. The first-order valence-electron chi connectivity index (χ1n) is 8.04. The summed E-state index contributed by atoms with van der Waals surface area (Å²) in [5, 5.41) is 2.66. The number of nitrogen functional groups attached to an aromatic ring is 1. The summed E-state index contributed by atoms with van der Waals surface area (Å²) in [7, 11) is 0. The molecule has 0 aliphatic rings. The molecule has 0 bridgehead atoms. The van der Waals surface area contributed by atoms with Gasteiger partial charge in [0.15, 0.2) is 0 Å². The van der Waals surface area contributed by atoms with Crippen LogP contribution in [0.4, 0.5) is 5.69 Å². The van der Waals surface area contributed by atoms with Gasteiger partial charge in [0.25, 0.3) is 5.91 Å². The lowest BCUT2D eigenvalue weighted by molar-refractivity contribution is -0.142. The van der Waals surface area contributed by atoms with Crippen LogP contribution in [0.25, 0.3) is 0 Å². The third kappa shape index (κ3) is 7.04. The molecule has 0 radical (unpaired) electrons. The number of amides is 1. The van der Waals surface area contributed by atoms with Crippen LogP contribution in [0.3, 0.4) is 0 Å². The summed E-state index contributed by atoms with van der Waals surface area (Å²) in [4.78, 5) is 23.2. The summed E-state index contributed by atoms with van der Waals surface area (Å²) in [6, 6.07) is 4.93. The molecular formula is C17H26N2O4. The molecule has 23 heavy (non-hydrogen) atoms. The Morgan fingerprint density at radius 3 is 2.65 bits per heavy atom. The Balaban J connectivity index is 2.46. The van der Waals surface area contributed by atoms with Gasteiger partial charge in [-0.2, -0.15) is 0 Å². The van der Waals surface area contributed by atoms with Gasteiger partial charge in [0.1, 0.15) is 5.75 Å². The van der Waals surface area contributed by atoms with Gasteiger partial charge in [0.05, 0.1) is 25.3 Å². The number of hydrogen-bond donors (Lipinski definition) is 2. The molecule has 1 aromatic carbocycles. The van der Waals surface area contributed by atoms with Crippen LogP contribution in [0.1, 0.15) is 49.9 Å². The number of carbonyl (C=O) groups is 2. The van der Waals surface area contributed by atoms with E-state index < -0.39 is 0 Å². The highest BCUT2D eigenvalue weighted by atomic mass is 16.5. The zero-order valence-electron chi connectivity index (χ0n) is 13.9. The van der Waals surface area contributed by atoms with Crippen molar-refractivity contribution in [3.05, 3.63) is 23.8 Å². The molecule has 1 rings (SSSR count). The number of hydrogen-bond acceptors (Lipinski definition) is 5. The number of benzene rings is 1. The number of unbranched alkanes of at least 4 members (excludes halogenated alkanes) is 2. The minimum Gasteiger partial charge on any atom is -0.491 e. The maximum Gasteiger partial charge on any atom is 0.307 e. The number of rotatable bonds is 10. The Kier molecular flexibility index (Phi) is 8.57. The number of esters is 1. The topological polar surface area (TPSA) is 90.6 Å². The Morgan fingerprint density at radius 2 is 2.00 bits per heavy atom. The highest BCUT2D eigenvalue weighted by Gasteiger charge is 2.10. The molecule has 0 aliphatic heterocycles. The van der Waals surface area contributed by atoms with E-state index in [-0.39, 0.29) is 24.8 Å². The average molecular weight is 322 g/mol. The van der Waals surface area contributed by atoms with Crippen LogP contribution in [0.5, 0.6) is 5.75 Å². The maximum atomic E-state index is 12.0. The van der Waals surface area contributed by atoms with Gasteiger partial charge in [0, 0.05) is 12.1 Å². The van der Waals surface area contributed by atoms with E-state index in [4.69, 9.17) is 15.2 Å². The normalized spacial score (nSPS) is 10.2. The van der Waals surface area contributed by atoms with Crippen LogP contribution in [-0.2, 0) is 9.53 Å². The minimum atomic E-state index is -0.330. The van der Waals surface area contributed by atoms with Crippen molar-refractivity contribution in [3.8, 4) is 5.75 Å². The van der Waals surface area contributed by atoms with Crippen molar-refractivity contribution in [1.29, 1.82) is 0 Å². The van der Waals surface area contributed by atoms with Crippen molar-refractivity contribution >= 4 is 17.6 Å². The lowest BCUT2D eigenvalue weighted by Gasteiger charge is -2.10. The van der Waals surface area contributed by atoms with Crippen LogP contribution >= 0.6 is 0 Å². The van der Waals surface area contributed by atoms with E-state index >= 15 is 0 Å². The Morgan fingerprint density at radius 1 is 1.22 bits per heavy atom. The average Bonchev–Trinajstić information content (AvgIpc) is 2.53. The van der Waals surface area contributed by atoms with Crippen molar-refractivity contribution in [1.82, 2.24) is 5.32 Å². The highest BCUT2D eigenvalue weighted by Crippen LogP contribution is 2.22. The van der Waals surface area contributed by atoms with Crippen molar-refractivity contribution in [2.24, 2.45) is 0 Å². The Bertz CT molecular complexity index is 517. The zero-order chi connectivity index (χ0) is 17.1. The molecule has 0 fully saturated rings. The fourth-order valence-corrected chi connectivity index (χ4v) is 1.97. The van der Waals surface area contributed by atoms with Crippen LogP contribution in [-0.4, -0.2) is 31.6 Å². The fraction of sp³-hybridized carbons (Fsp3) is 0.529. The molecule has 1 aromatic rings. The zero-order valence-corrected chi connectivity index (χ0v) is 13.9. The van der Waals surface area contributed by atoms with E-state index in [1.54, 1.807) is 25.1 Å². The predicted octanol–water partition coefficient (Wildman–Crippen LogP) is 2.52. The van der Waals surface area contributed by atoms with Crippen molar-refractivity contribution in [3.63, 3.8) is 0 Å². The molecule has 6 heteroatoms. The number of nitrogens with two attached hydrogens (primary N) is 1. The van der Waals surface area contributed by atoms with E-state index in [0.29, 0.717) is 30.2 Å². The fourth-order valence-electron chi connectivity index (χ4n) is 1.97. The smallest absolute Gasteiger partial charge is 0.307 e. The first kappa shape index (κ1) is 18.8. The van der Waals surface area contributed by atoms with Crippen molar-refractivity contribution < 1.29 is 19.1 Å². The summed E-state index contributed by atoms with van der Waals surface area (Å²) < 4.78 is 10.4. The van der Waals surface area contributed by atoms with E-state index in [0.717, 1.165) is 19.3 Å². The minimum absolute atomic E-state index is 0.147. The SMILES string of the molecule is CCCCCOc1ccc(C(=O)NCCC(=O)OCC)cc1N. The molecule has 0 atom stereocenters. The first-order valence-corrected chi connectivity index (χ1v) is 8.04. The number of anilines is 1. The standard InChI is InChI=1S/C17H26N2O4/c1-3-5-6-11-23-15-8-7-13(12-14(15)18)17(21)19-10-9-16(20)22-4-2/h7-8,12H,3-6,9-11,18H2,1-2H3,(H,19,21). The van der Waals surface area contributed by atoms with Gasteiger partial charge >= 0.3 is 5.97 Å². The highest BCUT2D eigenvalue weighted by molar-refractivity contribution is 5.95. The summed E-state index contributed by atoms with van der Waals surface area (Å²) in [5.41, 5.74) is 6.78. The van der Waals surface area contributed by atoms with Crippen LogP contribution < -0.4 is 15.8 Å². The number of ether oxygens (including phenoxy) is 2. The van der Waals surface area contributed by atoms with Gasteiger partial charge < -0.3 is 20.5 Å². The molecule has 0 aromatic heterocycles. The summed E-state index contributed by atoms with van der Waals surface area (Å²) in [5.74, 6) is -0.0224. The molecular weight excluding hydrogens is 296 g/mol. The monoisotopic (exact) mass is 322 g/mol. The summed E-state index contributed by atoms with van der Waals surface area (Å²) in [6.07, 6.45) is 3.37. The molecule has 0 saturated carbocycles. The third-order valence-corrected chi connectivity index (χ3v) is 3.20. The predicted molar refractivity (Wildman–Crippen MR) is 89.5 cm³/mol. The number of carbonyl (C=O) groups excluding carboxylic acids is 2. The molecule has 0 unspecified atom stereocenters. The van der Waals surface area contributed by atoms with E-state index in [1.807, 2.05) is 0 Å². The Labute approximate surface area is 137 Å². The van der Waals surface area contributed by atoms with Gasteiger partial charge in [-0.25, -0.2) is 0 Å². The van der Waals surface area contributed by atoms with E-state index in [9.17, 15) is 9.59 Å². The summed E-state index contributed by atoms with van der Waals surface area (Å²) >= 11 is 0. The second-order valence-electron chi connectivity index (χ2n) is 5.12. The van der Waals surface area contributed by atoms with Crippen molar-refractivity contribution in [2.75, 3.05) is 25.5 Å². The summed E-state index contributed by atoms with van der Waals surface area (Å²) in [6.45, 7) is 5.05. The van der Waals surface area contributed by atoms with E-state index in [2.05, 4.69) is 12.2 Å². The van der Waals surface area contributed by atoms with Crippen LogP contribution in [0.15, 0.2) is 18.2 Å². The first-order chi connectivity index (χ1) is 11.1. The van der Waals surface area contributed by atoms with Crippen molar-refractivity contribution in [2.45, 2.75) is 39.5 Å². The molecule has 0 saturated heterocycles. The molecule has 6 nitrogen and oxygen atoms in total. The molecule has 0 spiro atoms. The lowest BCUT2D eigenvalue weighted by atomic mass is 10.1. The largest absolute Gasteiger partial charge is 0.491 e. The molecule has 3 N–H and O–H groups in total. The van der Waals surface area contributed by atoms with Crippen LogP contribution in [0, 0.1) is 0 Å². The second kappa shape index (κ2) is 10.5. The van der Waals surface area contributed by atoms with E-state index in [1.165, 1.54) is 0 Å². The maximum absolute atomic E-state index is 12.0. The van der Waals surface area contributed by atoms with Gasteiger partial charge in [-0.15, -0.1) is 0 Å². The van der Waals surface area contributed by atoms with Crippen LogP contribution in [0.2, 0.25) is 0 Å². The third-order valence-electron chi connectivity index (χ3n) is 3.20. The molecule has 1 amide bonds. The lowest BCUT2D eigenvalue weighted by Crippen LogP contribution is -2.26. The molecule has 0 heterocycles. The van der Waals surface area contributed by atoms with Gasteiger partial charge in [-0.05, 0) is 31.5 Å². The second-order valence-corrected chi connectivity index (χ2v) is 5.12. The molecule has 128 valence electrons.